The summed E-state index contributed by atoms with van der Waals surface area (Å²) in [6.45, 7) is 2.72. The lowest BCUT2D eigenvalue weighted by Crippen LogP contribution is -2.04. The molecule has 0 fully saturated rings. The van der Waals surface area contributed by atoms with Crippen LogP contribution in [0.3, 0.4) is 0 Å². The summed E-state index contributed by atoms with van der Waals surface area (Å²) < 4.78 is 2.15. The van der Waals surface area contributed by atoms with Gasteiger partial charge in [-0.15, -0.1) is 12.4 Å². The molecule has 0 aliphatic heterocycles. The summed E-state index contributed by atoms with van der Waals surface area (Å²) in [5, 5.41) is 8.93. The number of hydrogen-bond donors (Lipinski definition) is 0. The maximum atomic E-state index is 8.93. The molecule has 0 N–H and O–H groups in total. The largest absolute Gasteiger partial charge is 0.330 e. The van der Waals surface area contributed by atoms with E-state index in [1.54, 1.807) is 12.4 Å². The van der Waals surface area contributed by atoms with Crippen molar-refractivity contribution < 1.29 is 0 Å². The van der Waals surface area contributed by atoms with E-state index in [-0.39, 0.29) is 12.4 Å². The minimum absolute atomic E-state index is 0. The van der Waals surface area contributed by atoms with Gasteiger partial charge in [-0.05, 0) is 30.2 Å². The van der Waals surface area contributed by atoms with Crippen LogP contribution in [-0.4, -0.2) is 19.5 Å². The third-order valence-electron chi connectivity index (χ3n) is 4.73. The number of hydrogen-bond acceptors (Lipinski definition) is 4. The lowest BCUT2D eigenvalue weighted by molar-refractivity contribution is 0.753. The number of aromatic nitrogens is 4. The van der Waals surface area contributed by atoms with Gasteiger partial charge in [-0.2, -0.15) is 5.26 Å². The second-order valence-corrected chi connectivity index (χ2v) is 6.69. The van der Waals surface area contributed by atoms with E-state index in [0.717, 1.165) is 41.2 Å². The van der Waals surface area contributed by atoms with Crippen LogP contribution in [0.25, 0.3) is 11.3 Å². The van der Waals surface area contributed by atoms with E-state index in [4.69, 9.17) is 5.26 Å². The highest BCUT2D eigenvalue weighted by Gasteiger charge is 2.07. The standard InChI is InChI=1S/C23H19N5.ClH/c1-17-23(27-11-10-26-17)21-8-6-20(7-9-21)15-28-16-25-14-22(28)12-18-2-4-19(13-24)5-3-18;/h2-11,14,16H,12,15H2,1H3;1H. The Hall–Kier alpha value is -3.49. The molecule has 0 bridgehead atoms. The van der Waals surface area contributed by atoms with Crippen LogP contribution in [0.2, 0.25) is 0 Å². The zero-order valence-corrected chi connectivity index (χ0v) is 16.8. The molecule has 0 saturated heterocycles. The van der Waals surface area contributed by atoms with E-state index < -0.39 is 0 Å². The molecule has 0 aliphatic rings. The normalized spacial score (nSPS) is 10.2. The maximum absolute atomic E-state index is 8.93. The number of rotatable bonds is 5. The summed E-state index contributed by atoms with van der Waals surface area (Å²) >= 11 is 0. The van der Waals surface area contributed by atoms with Crippen molar-refractivity contribution in [3.05, 3.63) is 102 Å². The van der Waals surface area contributed by atoms with Gasteiger partial charge in [0.25, 0.3) is 0 Å². The first kappa shape index (κ1) is 20.2. The first-order valence-corrected chi connectivity index (χ1v) is 9.08. The molecule has 0 radical (unpaired) electrons. The van der Waals surface area contributed by atoms with E-state index >= 15 is 0 Å². The van der Waals surface area contributed by atoms with Gasteiger partial charge >= 0.3 is 0 Å². The molecule has 2 aromatic carbocycles. The van der Waals surface area contributed by atoms with Crippen molar-refractivity contribution in [2.45, 2.75) is 19.9 Å². The van der Waals surface area contributed by atoms with Gasteiger partial charge in [0.1, 0.15) is 0 Å². The maximum Gasteiger partial charge on any atom is 0.0991 e. The Morgan fingerprint density at radius 3 is 2.31 bits per heavy atom. The highest BCUT2D eigenvalue weighted by molar-refractivity contribution is 5.85. The lowest BCUT2D eigenvalue weighted by atomic mass is 10.1. The third kappa shape index (κ3) is 4.68. The summed E-state index contributed by atoms with van der Waals surface area (Å²) in [5.41, 5.74) is 7.08. The van der Waals surface area contributed by atoms with Crippen LogP contribution < -0.4 is 0 Å². The molecule has 0 aliphatic carbocycles. The molecule has 29 heavy (non-hydrogen) atoms. The summed E-state index contributed by atoms with van der Waals surface area (Å²) in [6, 6.07) is 18.3. The summed E-state index contributed by atoms with van der Waals surface area (Å²) in [6.07, 6.45) is 7.97. The SMILES string of the molecule is Cc1nccnc1-c1ccc(Cn2cncc2Cc2ccc(C#N)cc2)cc1.Cl. The number of nitrogens with zero attached hydrogens (tertiary/aromatic N) is 5. The average molecular weight is 402 g/mol. The Balaban J connectivity index is 0.00000240. The van der Waals surface area contributed by atoms with Gasteiger partial charge in [0, 0.05) is 42.8 Å². The van der Waals surface area contributed by atoms with Crippen molar-refractivity contribution in [3.63, 3.8) is 0 Å². The van der Waals surface area contributed by atoms with Gasteiger partial charge in [0.2, 0.25) is 0 Å². The fourth-order valence-corrected chi connectivity index (χ4v) is 3.20. The molecule has 0 atom stereocenters. The summed E-state index contributed by atoms with van der Waals surface area (Å²) in [4.78, 5) is 13.1. The summed E-state index contributed by atoms with van der Waals surface area (Å²) in [5.74, 6) is 0. The molecule has 4 aromatic rings. The predicted molar refractivity (Wildman–Crippen MR) is 115 cm³/mol. The Kier molecular flexibility index (Phi) is 6.38. The molecule has 0 amide bonds. The van der Waals surface area contributed by atoms with Crippen LogP contribution in [0.1, 0.15) is 28.1 Å². The highest BCUT2D eigenvalue weighted by Crippen LogP contribution is 2.20. The Labute approximate surface area is 176 Å². The first-order chi connectivity index (χ1) is 13.7. The minimum atomic E-state index is 0. The quantitative estimate of drug-likeness (QED) is 0.490. The monoisotopic (exact) mass is 401 g/mol. The van der Waals surface area contributed by atoms with Crippen LogP contribution in [-0.2, 0) is 13.0 Å². The average Bonchev–Trinajstić information content (AvgIpc) is 3.16. The zero-order chi connectivity index (χ0) is 19.3. The fourth-order valence-electron chi connectivity index (χ4n) is 3.20. The summed E-state index contributed by atoms with van der Waals surface area (Å²) in [7, 11) is 0. The Morgan fingerprint density at radius 1 is 0.931 bits per heavy atom. The number of aryl methyl sites for hydroxylation is 1. The van der Waals surface area contributed by atoms with E-state index in [0.29, 0.717) is 5.56 Å². The molecule has 4 rings (SSSR count). The van der Waals surface area contributed by atoms with Crippen molar-refractivity contribution in [1.82, 2.24) is 19.5 Å². The van der Waals surface area contributed by atoms with Crippen LogP contribution in [0.4, 0.5) is 0 Å². The Bertz CT molecular complexity index is 1130. The Morgan fingerprint density at radius 2 is 1.62 bits per heavy atom. The van der Waals surface area contributed by atoms with Crippen LogP contribution in [0.15, 0.2) is 73.4 Å². The van der Waals surface area contributed by atoms with E-state index in [1.165, 1.54) is 5.56 Å². The molecular weight excluding hydrogens is 382 g/mol. The van der Waals surface area contributed by atoms with Gasteiger partial charge in [0.05, 0.1) is 29.3 Å². The van der Waals surface area contributed by atoms with Crippen molar-refractivity contribution in [2.75, 3.05) is 0 Å². The third-order valence-corrected chi connectivity index (χ3v) is 4.73. The van der Waals surface area contributed by atoms with Gasteiger partial charge < -0.3 is 4.57 Å². The highest BCUT2D eigenvalue weighted by atomic mass is 35.5. The molecule has 2 aromatic heterocycles. The number of halogens is 1. The second kappa shape index (κ2) is 9.13. The lowest BCUT2D eigenvalue weighted by Gasteiger charge is -2.10. The van der Waals surface area contributed by atoms with E-state index in [2.05, 4.69) is 49.9 Å². The van der Waals surface area contributed by atoms with E-state index in [9.17, 15) is 0 Å². The molecule has 5 nitrogen and oxygen atoms in total. The second-order valence-electron chi connectivity index (χ2n) is 6.69. The van der Waals surface area contributed by atoms with Crippen molar-refractivity contribution >= 4 is 12.4 Å². The topological polar surface area (TPSA) is 67.4 Å². The molecule has 144 valence electrons. The van der Waals surface area contributed by atoms with Crippen molar-refractivity contribution in [2.24, 2.45) is 0 Å². The molecule has 6 heteroatoms. The van der Waals surface area contributed by atoms with Gasteiger partial charge in [-0.1, -0.05) is 36.4 Å². The molecule has 2 heterocycles. The van der Waals surface area contributed by atoms with Crippen molar-refractivity contribution in [1.29, 1.82) is 5.26 Å². The van der Waals surface area contributed by atoms with Gasteiger partial charge in [-0.25, -0.2) is 4.98 Å². The van der Waals surface area contributed by atoms with Crippen LogP contribution >= 0.6 is 12.4 Å². The van der Waals surface area contributed by atoms with Crippen LogP contribution in [0, 0.1) is 18.3 Å². The van der Waals surface area contributed by atoms with Crippen molar-refractivity contribution in [3.8, 4) is 17.3 Å². The number of nitriles is 1. The van der Waals surface area contributed by atoms with Gasteiger partial charge in [-0.3, -0.25) is 9.97 Å². The number of imidazole rings is 1. The number of benzene rings is 2. The first-order valence-electron chi connectivity index (χ1n) is 9.08. The van der Waals surface area contributed by atoms with Crippen LogP contribution in [0.5, 0.6) is 0 Å². The van der Waals surface area contributed by atoms with Gasteiger partial charge in [0.15, 0.2) is 0 Å². The fraction of sp³-hybridized carbons (Fsp3) is 0.130. The molecule has 0 saturated carbocycles. The smallest absolute Gasteiger partial charge is 0.0991 e. The van der Waals surface area contributed by atoms with E-state index in [1.807, 2.05) is 43.7 Å². The zero-order valence-electron chi connectivity index (χ0n) is 16.0. The predicted octanol–water partition coefficient (Wildman–Crippen LogP) is 4.58. The minimum Gasteiger partial charge on any atom is -0.330 e. The molecular formula is C23H20ClN5. The molecule has 0 unspecified atom stereocenters. The molecule has 0 spiro atoms.